The average molecular weight is 238 g/mol. The molecule has 0 aliphatic heterocycles. The van der Waals surface area contributed by atoms with E-state index in [0.29, 0.717) is 15.4 Å². The van der Waals surface area contributed by atoms with Crippen LogP contribution >= 0.6 is 11.3 Å². The van der Waals surface area contributed by atoms with Crippen molar-refractivity contribution in [1.29, 1.82) is 5.26 Å². The van der Waals surface area contributed by atoms with E-state index in [0.717, 1.165) is 0 Å². The monoisotopic (exact) mass is 238 g/mol. The van der Waals surface area contributed by atoms with Crippen LogP contribution in [0.5, 0.6) is 0 Å². The number of nitrogens with zero attached hydrogens (tertiary/aromatic N) is 3. The van der Waals surface area contributed by atoms with Crippen LogP contribution in [0.1, 0.15) is 15.2 Å². The molecule has 2 N–H and O–H groups in total. The molecular formula is C10H14N4OS. The molecule has 16 heavy (non-hydrogen) atoms. The number of nitriles is 1. The van der Waals surface area contributed by atoms with Gasteiger partial charge in [-0.3, -0.25) is 4.79 Å². The number of rotatable bonds is 2. The zero-order valence-electron chi connectivity index (χ0n) is 9.74. The lowest BCUT2D eigenvalue weighted by Gasteiger charge is -2.09. The first kappa shape index (κ1) is 12.3. The number of anilines is 2. The molecule has 0 bridgehead atoms. The van der Waals surface area contributed by atoms with E-state index in [-0.39, 0.29) is 11.6 Å². The highest BCUT2D eigenvalue weighted by atomic mass is 32.1. The van der Waals surface area contributed by atoms with Gasteiger partial charge in [-0.05, 0) is 0 Å². The molecular weight excluding hydrogens is 224 g/mol. The number of carbonyl (C=O) groups is 1. The molecule has 0 unspecified atom stereocenters. The third kappa shape index (κ3) is 1.95. The summed E-state index contributed by atoms with van der Waals surface area (Å²) in [6, 6.07) is 2.03. The van der Waals surface area contributed by atoms with E-state index in [4.69, 9.17) is 11.0 Å². The van der Waals surface area contributed by atoms with Crippen molar-refractivity contribution in [3.05, 3.63) is 10.4 Å². The van der Waals surface area contributed by atoms with Crippen molar-refractivity contribution in [3.63, 3.8) is 0 Å². The zero-order chi connectivity index (χ0) is 12.5. The Bertz CT molecular complexity index is 456. The van der Waals surface area contributed by atoms with Gasteiger partial charge in [0.1, 0.15) is 21.5 Å². The molecule has 6 heteroatoms. The van der Waals surface area contributed by atoms with Gasteiger partial charge in [0.25, 0.3) is 5.91 Å². The molecule has 86 valence electrons. The van der Waals surface area contributed by atoms with Crippen LogP contribution in [-0.4, -0.2) is 39.0 Å². The van der Waals surface area contributed by atoms with Gasteiger partial charge in [-0.15, -0.1) is 11.3 Å². The number of nitrogens with two attached hydrogens (primary N) is 1. The molecule has 0 aromatic carbocycles. The van der Waals surface area contributed by atoms with Crippen LogP contribution in [-0.2, 0) is 0 Å². The number of hydrogen-bond acceptors (Lipinski definition) is 5. The first-order valence-electron chi connectivity index (χ1n) is 4.61. The van der Waals surface area contributed by atoms with Gasteiger partial charge in [0.2, 0.25) is 0 Å². The fraction of sp³-hybridized carbons (Fsp3) is 0.400. The average Bonchev–Trinajstić information content (AvgIpc) is 2.54. The van der Waals surface area contributed by atoms with Gasteiger partial charge in [0, 0.05) is 28.2 Å². The highest BCUT2D eigenvalue weighted by Gasteiger charge is 2.22. The summed E-state index contributed by atoms with van der Waals surface area (Å²) in [5.74, 6) is -0.174. The number of thiophene rings is 1. The first-order chi connectivity index (χ1) is 7.40. The highest BCUT2D eigenvalue weighted by molar-refractivity contribution is 7.19. The first-order valence-corrected chi connectivity index (χ1v) is 5.43. The summed E-state index contributed by atoms with van der Waals surface area (Å²) in [4.78, 5) is 15.5. The Hall–Kier alpha value is -1.74. The Kier molecular flexibility index (Phi) is 3.40. The molecule has 0 atom stereocenters. The maximum Gasteiger partial charge on any atom is 0.265 e. The normalized spacial score (nSPS) is 9.69. The van der Waals surface area contributed by atoms with Crippen molar-refractivity contribution in [1.82, 2.24) is 4.90 Å². The minimum absolute atomic E-state index is 0.174. The molecule has 0 aliphatic rings. The molecule has 0 aliphatic carbocycles. The van der Waals surface area contributed by atoms with E-state index in [1.54, 1.807) is 19.0 Å². The van der Waals surface area contributed by atoms with Gasteiger partial charge >= 0.3 is 0 Å². The summed E-state index contributed by atoms with van der Waals surface area (Å²) >= 11 is 1.24. The zero-order valence-corrected chi connectivity index (χ0v) is 10.6. The number of amides is 1. The minimum Gasteiger partial charge on any atom is -0.396 e. The van der Waals surface area contributed by atoms with Crippen LogP contribution in [0, 0.1) is 11.3 Å². The third-order valence-electron chi connectivity index (χ3n) is 2.04. The summed E-state index contributed by atoms with van der Waals surface area (Å²) in [5.41, 5.74) is 6.45. The van der Waals surface area contributed by atoms with Crippen molar-refractivity contribution >= 4 is 27.9 Å². The second kappa shape index (κ2) is 4.41. The van der Waals surface area contributed by atoms with Crippen LogP contribution in [0.3, 0.4) is 0 Å². The van der Waals surface area contributed by atoms with Crippen LogP contribution in [0.15, 0.2) is 0 Å². The Labute approximate surface area is 98.7 Å². The Morgan fingerprint density at radius 2 is 1.94 bits per heavy atom. The SMILES string of the molecule is CN(C)C(=O)c1sc(N(C)C)c(C#N)c1N. The highest BCUT2D eigenvalue weighted by Crippen LogP contribution is 2.37. The van der Waals surface area contributed by atoms with Crippen molar-refractivity contribution < 1.29 is 4.79 Å². The molecule has 0 saturated heterocycles. The van der Waals surface area contributed by atoms with E-state index in [9.17, 15) is 4.79 Å². The largest absolute Gasteiger partial charge is 0.396 e. The van der Waals surface area contributed by atoms with Crippen molar-refractivity contribution in [2.45, 2.75) is 0 Å². The van der Waals surface area contributed by atoms with E-state index in [1.807, 2.05) is 20.2 Å². The van der Waals surface area contributed by atoms with Gasteiger partial charge < -0.3 is 15.5 Å². The topological polar surface area (TPSA) is 73.4 Å². The number of nitrogen functional groups attached to an aromatic ring is 1. The van der Waals surface area contributed by atoms with Crippen LogP contribution in [0.25, 0.3) is 0 Å². The smallest absolute Gasteiger partial charge is 0.265 e. The minimum atomic E-state index is -0.174. The lowest BCUT2D eigenvalue weighted by Crippen LogP contribution is -2.21. The predicted molar refractivity (Wildman–Crippen MR) is 65.8 cm³/mol. The fourth-order valence-electron chi connectivity index (χ4n) is 1.22. The van der Waals surface area contributed by atoms with E-state index in [2.05, 4.69) is 0 Å². The summed E-state index contributed by atoms with van der Waals surface area (Å²) in [6.45, 7) is 0. The summed E-state index contributed by atoms with van der Waals surface area (Å²) in [7, 11) is 6.94. The Morgan fingerprint density at radius 1 is 1.38 bits per heavy atom. The molecule has 1 rings (SSSR count). The van der Waals surface area contributed by atoms with Crippen LogP contribution in [0.4, 0.5) is 10.7 Å². The molecule has 0 fully saturated rings. The maximum atomic E-state index is 11.8. The second-order valence-electron chi connectivity index (χ2n) is 3.73. The number of hydrogen-bond donors (Lipinski definition) is 1. The van der Waals surface area contributed by atoms with Crippen LogP contribution in [0.2, 0.25) is 0 Å². The van der Waals surface area contributed by atoms with Gasteiger partial charge in [-0.1, -0.05) is 0 Å². The van der Waals surface area contributed by atoms with Crippen molar-refractivity contribution in [3.8, 4) is 6.07 Å². The van der Waals surface area contributed by atoms with E-state index >= 15 is 0 Å². The van der Waals surface area contributed by atoms with Gasteiger partial charge in [-0.2, -0.15) is 5.26 Å². The van der Waals surface area contributed by atoms with Crippen LogP contribution < -0.4 is 10.6 Å². The van der Waals surface area contributed by atoms with E-state index in [1.165, 1.54) is 16.2 Å². The second-order valence-corrected chi connectivity index (χ2v) is 4.73. The molecule has 5 nitrogen and oxygen atoms in total. The quantitative estimate of drug-likeness (QED) is 0.833. The van der Waals surface area contributed by atoms with Gasteiger partial charge in [0.15, 0.2) is 0 Å². The summed E-state index contributed by atoms with van der Waals surface area (Å²) in [5, 5.41) is 9.72. The molecule has 1 amide bonds. The molecule has 1 aromatic rings. The lowest BCUT2D eigenvalue weighted by molar-refractivity contribution is 0.0833. The standard InChI is InChI=1S/C10H14N4OS/c1-13(2)9(15)8-7(12)6(5-11)10(16-8)14(3)4/h12H2,1-4H3. The van der Waals surface area contributed by atoms with Crippen molar-refractivity contribution in [2.24, 2.45) is 0 Å². The third-order valence-corrected chi connectivity index (χ3v) is 3.41. The molecule has 0 radical (unpaired) electrons. The molecule has 1 aromatic heterocycles. The molecule has 0 spiro atoms. The Morgan fingerprint density at radius 3 is 2.25 bits per heavy atom. The summed E-state index contributed by atoms with van der Waals surface area (Å²) < 4.78 is 0. The molecule has 0 saturated carbocycles. The number of carbonyl (C=O) groups excluding carboxylic acids is 1. The lowest BCUT2D eigenvalue weighted by atomic mass is 10.2. The summed E-state index contributed by atoms with van der Waals surface area (Å²) in [6.07, 6.45) is 0. The van der Waals surface area contributed by atoms with Gasteiger partial charge in [-0.25, -0.2) is 0 Å². The maximum absolute atomic E-state index is 11.8. The van der Waals surface area contributed by atoms with E-state index < -0.39 is 0 Å². The molecule has 1 heterocycles. The van der Waals surface area contributed by atoms with Gasteiger partial charge in [0.05, 0.1) is 5.69 Å². The Balaban J connectivity index is 3.35. The fourth-order valence-corrected chi connectivity index (χ4v) is 2.33. The van der Waals surface area contributed by atoms with Crippen molar-refractivity contribution in [2.75, 3.05) is 38.8 Å². The predicted octanol–water partition coefficient (Wildman–Crippen LogP) is 0.970.